The molecule has 108 valence electrons. The van der Waals surface area contributed by atoms with Gasteiger partial charge in [-0.05, 0) is 6.07 Å². The van der Waals surface area contributed by atoms with Gasteiger partial charge in [-0.3, -0.25) is 14.9 Å². The molecule has 1 aromatic carbocycles. The van der Waals surface area contributed by atoms with E-state index in [1.807, 2.05) is 24.3 Å². The van der Waals surface area contributed by atoms with Crippen LogP contribution in [0, 0.1) is 0 Å². The first-order chi connectivity index (χ1) is 9.67. The number of para-hydroxylation sites is 1. The Bertz CT molecular complexity index is 504. The third-order valence-electron chi connectivity index (χ3n) is 3.30. The third kappa shape index (κ3) is 2.91. The fourth-order valence-corrected chi connectivity index (χ4v) is 2.28. The molecule has 1 aliphatic heterocycles. The predicted molar refractivity (Wildman–Crippen MR) is 72.1 cm³/mol. The van der Waals surface area contributed by atoms with Crippen LogP contribution in [0.3, 0.4) is 0 Å². The minimum atomic E-state index is -0.330. The van der Waals surface area contributed by atoms with E-state index in [1.165, 1.54) is 7.11 Å². The molecular weight excluding hydrogens is 260 g/mol. The van der Waals surface area contributed by atoms with E-state index in [2.05, 4.69) is 10.1 Å². The zero-order valence-corrected chi connectivity index (χ0v) is 11.6. The molecule has 0 bridgehead atoms. The fourth-order valence-electron chi connectivity index (χ4n) is 2.28. The molecule has 1 heterocycles. The van der Waals surface area contributed by atoms with Crippen LogP contribution in [0.1, 0.15) is 18.2 Å². The molecular formula is C14H18N2O4. The molecule has 20 heavy (non-hydrogen) atoms. The van der Waals surface area contributed by atoms with Gasteiger partial charge in [0, 0.05) is 12.1 Å². The third-order valence-corrected chi connectivity index (χ3v) is 3.30. The van der Waals surface area contributed by atoms with Crippen molar-refractivity contribution < 1.29 is 19.1 Å². The number of nitrogens with zero attached hydrogens (tertiary/aromatic N) is 1. The van der Waals surface area contributed by atoms with Crippen LogP contribution in [0.2, 0.25) is 0 Å². The summed E-state index contributed by atoms with van der Waals surface area (Å²) in [6.07, 6.45) is -0.0986. The molecule has 1 atom stereocenters. The van der Waals surface area contributed by atoms with Gasteiger partial charge < -0.3 is 14.4 Å². The van der Waals surface area contributed by atoms with Gasteiger partial charge in [0.25, 0.3) is 0 Å². The van der Waals surface area contributed by atoms with E-state index < -0.39 is 0 Å². The highest BCUT2D eigenvalue weighted by atomic mass is 16.5. The Morgan fingerprint density at radius 1 is 1.40 bits per heavy atom. The minimum Gasteiger partial charge on any atom is -0.496 e. The first-order valence-corrected chi connectivity index (χ1v) is 6.40. The lowest BCUT2D eigenvalue weighted by atomic mass is 10.1. The van der Waals surface area contributed by atoms with Crippen molar-refractivity contribution in [2.45, 2.75) is 12.6 Å². The Morgan fingerprint density at radius 2 is 2.15 bits per heavy atom. The molecule has 1 fully saturated rings. The molecule has 0 spiro atoms. The summed E-state index contributed by atoms with van der Waals surface area (Å²) >= 11 is 0. The number of amides is 1. The summed E-state index contributed by atoms with van der Waals surface area (Å²) in [5.74, 6) is 0.344. The van der Waals surface area contributed by atoms with Crippen molar-refractivity contribution in [3.63, 3.8) is 0 Å². The second-order valence-electron chi connectivity index (χ2n) is 4.44. The molecule has 0 aliphatic carbocycles. The van der Waals surface area contributed by atoms with Crippen LogP contribution >= 0.6 is 0 Å². The average molecular weight is 278 g/mol. The highest BCUT2D eigenvalue weighted by Crippen LogP contribution is 2.29. The van der Waals surface area contributed by atoms with Gasteiger partial charge >= 0.3 is 5.97 Å². The second-order valence-corrected chi connectivity index (χ2v) is 4.44. The Kier molecular flexibility index (Phi) is 4.57. The second kappa shape index (κ2) is 6.38. The van der Waals surface area contributed by atoms with Gasteiger partial charge in [0.05, 0.1) is 27.2 Å². The topological polar surface area (TPSA) is 67.9 Å². The van der Waals surface area contributed by atoms with Crippen molar-refractivity contribution in [3.8, 4) is 5.75 Å². The lowest BCUT2D eigenvalue weighted by molar-refractivity contribution is -0.141. The van der Waals surface area contributed by atoms with Crippen LogP contribution < -0.4 is 10.1 Å². The summed E-state index contributed by atoms with van der Waals surface area (Å²) in [4.78, 5) is 24.8. The highest BCUT2D eigenvalue weighted by molar-refractivity contribution is 5.81. The molecule has 1 aromatic rings. The van der Waals surface area contributed by atoms with Crippen molar-refractivity contribution in [3.05, 3.63) is 29.8 Å². The average Bonchev–Trinajstić information content (AvgIpc) is 2.85. The molecule has 1 amide bonds. The standard InChI is InChI=1S/C14H18N2O4/c1-19-11-6-4-3-5-10(11)14-15-9-12(17)16(14)8-7-13(18)20-2/h3-6,14-15H,7-9H2,1-2H3. The summed E-state index contributed by atoms with van der Waals surface area (Å²) in [5.41, 5.74) is 0.880. The lowest BCUT2D eigenvalue weighted by Gasteiger charge is -2.25. The fraction of sp³-hybridized carbons (Fsp3) is 0.429. The van der Waals surface area contributed by atoms with E-state index in [0.29, 0.717) is 12.3 Å². The molecule has 1 N–H and O–H groups in total. The first kappa shape index (κ1) is 14.3. The maximum atomic E-state index is 11.9. The van der Waals surface area contributed by atoms with Crippen molar-refractivity contribution in [1.82, 2.24) is 10.2 Å². The van der Waals surface area contributed by atoms with Gasteiger partial charge in [-0.1, -0.05) is 18.2 Å². The zero-order chi connectivity index (χ0) is 14.5. The molecule has 0 saturated carbocycles. The number of esters is 1. The Balaban J connectivity index is 2.17. The van der Waals surface area contributed by atoms with E-state index in [9.17, 15) is 9.59 Å². The van der Waals surface area contributed by atoms with Crippen LogP contribution in [0.4, 0.5) is 0 Å². The number of hydrogen-bond acceptors (Lipinski definition) is 5. The zero-order valence-electron chi connectivity index (χ0n) is 11.6. The number of methoxy groups -OCH3 is 2. The smallest absolute Gasteiger partial charge is 0.307 e. The van der Waals surface area contributed by atoms with Gasteiger partial charge in [-0.15, -0.1) is 0 Å². The summed E-state index contributed by atoms with van der Waals surface area (Å²) in [7, 11) is 2.93. The van der Waals surface area contributed by atoms with Gasteiger partial charge in [0.15, 0.2) is 0 Å². The monoisotopic (exact) mass is 278 g/mol. The first-order valence-electron chi connectivity index (χ1n) is 6.40. The largest absolute Gasteiger partial charge is 0.496 e. The predicted octanol–water partition coefficient (Wildman–Crippen LogP) is 0.689. The molecule has 6 nitrogen and oxygen atoms in total. The van der Waals surface area contributed by atoms with Crippen LogP contribution in [0.5, 0.6) is 5.75 Å². The lowest BCUT2D eigenvalue weighted by Crippen LogP contribution is -2.32. The van der Waals surface area contributed by atoms with Crippen molar-refractivity contribution in [2.75, 3.05) is 27.3 Å². The van der Waals surface area contributed by atoms with E-state index >= 15 is 0 Å². The number of nitrogens with one attached hydrogen (secondary N) is 1. The molecule has 1 saturated heterocycles. The van der Waals surface area contributed by atoms with Gasteiger partial charge in [0.1, 0.15) is 11.9 Å². The summed E-state index contributed by atoms with van der Waals surface area (Å²) in [6.45, 7) is 0.575. The van der Waals surface area contributed by atoms with Crippen LogP contribution in [-0.2, 0) is 14.3 Å². The highest BCUT2D eigenvalue weighted by Gasteiger charge is 2.33. The minimum absolute atomic E-state index is 0.0372. The van der Waals surface area contributed by atoms with Crippen molar-refractivity contribution in [1.29, 1.82) is 0 Å². The van der Waals surface area contributed by atoms with E-state index in [4.69, 9.17) is 4.74 Å². The number of hydrogen-bond donors (Lipinski definition) is 1. The molecule has 1 unspecified atom stereocenters. The van der Waals surface area contributed by atoms with Crippen LogP contribution in [0.25, 0.3) is 0 Å². The SMILES string of the molecule is COC(=O)CCN1C(=O)CNC1c1ccccc1OC. The van der Waals surface area contributed by atoms with E-state index in [0.717, 1.165) is 5.56 Å². The summed E-state index contributed by atoms with van der Waals surface area (Å²) in [6, 6.07) is 7.51. The number of carbonyl (C=O) groups excluding carboxylic acids is 2. The number of rotatable bonds is 5. The quantitative estimate of drug-likeness (QED) is 0.803. The van der Waals surface area contributed by atoms with Crippen LogP contribution in [0.15, 0.2) is 24.3 Å². The molecule has 0 aromatic heterocycles. The summed E-state index contributed by atoms with van der Waals surface area (Å²) in [5, 5.41) is 3.13. The van der Waals surface area contributed by atoms with Gasteiger partial charge in [-0.2, -0.15) is 0 Å². The van der Waals surface area contributed by atoms with Crippen LogP contribution in [-0.4, -0.2) is 44.1 Å². The molecule has 2 rings (SSSR count). The number of ether oxygens (including phenoxy) is 2. The maximum Gasteiger partial charge on any atom is 0.307 e. The Hall–Kier alpha value is -2.08. The normalized spacial score (nSPS) is 18.2. The number of benzene rings is 1. The Labute approximate surface area is 117 Å². The van der Waals surface area contributed by atoms with Crippen molar-refractivity contribution in [2.24, 2.45) is 0 Å². The molecule has 6 heteroatoms. The molecule has 0 radical (unpaired) electrons. The number of carbonyl (C=O) groups is 2. The molecule has 1 aliphatic rings. The van der Waals surface area contributed by atoms with E-state index in [-0.39, 0.29) is 31.0 Å². The Morgan fingerprint density at radius 3 is 2.85 bits per heavy atom. The summed E-state index contributed by atoms with van der Waals surface area (Å²) < 4.78 is 9.93. The maximum absolute atomic E-state index is 11.9. The van der Waals surface area contributed by atoms with Crippen molar-refractivity contribution >= 4 is 11.9 Å². The van der Waals surface area contributed by atoms with Gasteiger partial charge in [-0.25, -0.2) is 0 Å². The van der Waals surface area contributed by atoms with E-state index in [1.54, 1.807) is 12.0 Å². The van der Waals surface area contributed by atoms with Gasteiger partial charge in [0.2, 0.25) is 5.91 Å².